The van der Waals surface area contributed by atoms with Crippen molar-refractivity contribution in [2.75, 3.05) is 0 Å². The van der Waals surface area contributed by atoms with Gasteiger partial charge in [-0.25, -0.2) is 0 Å². The van der Waals surface area contributed by atoms with Crippen LogP contribution in [0.5, 0.6) is 0 Å². The molecule has 2 aromatic carbocycles. The molecule has 74 valence electrons. The van der Waals surface area contributed by atoms with E-state index in [4.69, 9.17) is 4.80 Å². The van der Waals surface area contributed by atoms with Crippen molar-refractivity contribution in [1.82, 2.24) is 0 Å². The Morgan fingerprint density at radius 2 is 0.429 bits per heavy atom. The highest BCUT2D eigenvalue weighted by Gasteiger charge is 1.58. The van der Waals surface area contributed by atoms with E-state index in [1.807, 2.05) is 72.8 Å². The molecule has 2 aromatic rings. The predicted octanol–water partition coefficient (Wildman–Crippen LogP) is 1.63. The first kappa shape index (κ1) is 12.6. The molecule has 0 radical (unpaired) electrons. The number of hydrogen-bond donors (Lipinski definition) is 1. The molecule has 0 amide bonds. The Morgan fingerprint density at radius 3 is 0.500 bits per heavy atom. The van der Waals surface area contributed by atoms with Crippen LogP contribution in [0.1, 0.15) is 0 Å². The van der Waals surface area contributed by atoms with Crippen molar-refractivity contribution in [1.29, 1.82) is 0 Å². The number of rotatable bonds is 0. The maximum absolute atomic E-state index is 7.14. The summed E-state index contributed by atoms with van der Waals surface area (Å²) in [6.45, 7) is 0. The molecule has 2 heteroatoms. The van der Waals surface area contributed by atoms with Crippen LogP contribution in [-0.2, 0) is 0 Å². The maximum atomic E-state index is 7.14. The monoisotopic (exact) mass is 204 g/mol. The molecule has 14 heavy (non-hydrogen) atoms. The van der Waals surface area contributed by atoms with Crippen molar-refractivity contribution in [3.63, 3.8) is 0 Å². The highest BCUT2D eigenvalue weighted by Crippen LogP contribution is 1.80. The van der Waals surface area contributed by atoms with E-state index in [0.29, 0.717) is 10.5 Å². The van der Waals surface area contributed by atoms with Crippen LogP contribution < -0.4 is 0 Å². The molecule has 1 nitrogen and oxygen atoms in total. The fraction of sp³-hybridized carbons (Fsp3) is 0. The zero-order valence-electron chi connectivity index (χ0n) is 8.38. The second-order valence-corrected chi connectivity index (χ2v) is 2.31. The van der Waals surface area contributed by atoms with E-state index in [1.54, 1.807) is 0 Å². The van der Waals surface area contributed by atoms with Crippen molar-refractivity contribution < 1.29 is 4.80 Å². The molecule has 0 aliphatic rings. The first-order valence-corrected chi connectivity index (χ1v) is 5.34. The van der Waals surface area contributed by atoms with E-state index >= 15 is 0 Å². The second-order valence-electron chi connectivity index (χ2n) is 2.31. The summed E-state index contributed by atoms with van der Waals surface area (Å²) in [5.74, 6) is 0. The van der Waals surface area contributed by atoms with Gasteiger partial charge >= 0.3 is 0 Å². The molecule has 0 aliphatic carbocycles. The average Bonchev–Trinajstić information content (AvgIpc) is 2.37. The summed E-state index contributed by atoms with van der Waals surface area (Å²) < 4.78 is 0. The van der Waals surface area contributed by atoms with Gasteiger partial charge in [-0.1, -0.05) is 72.8 Å². The number of benzene rings is 2. The summed E-state index contributed by atoms with van der Waals surface area (Å²) in [5.41, 5.74) is 0. The van der Waals surface area contributed by atoms with Crippen LogP contribution in [0, 0.1) is 0 Å². The van der Waals surface area contributed by atoms with Gasteiger partial charge in [0.15, 0.2) is 0 Å². The van der Waals surface area contributed by atoms with E-state index in [2.05, 4.69) is 0 Å². The third kappa shape index (κ3) is 8.71. The molecule has 0 atom stereocenters. The molecule has 0 bridgehead atoms. The van der Waals surface area contributed by atoms with E-state index in [9.17, 15) is 0 Å². The van der Waals surface area contributed by atoms with Crippen LogP contribution in [-0.4, -0.2) is 15.3 Å². The SMILES string of the molecule is O[SiH3].c1ccccc1.c1ccccc1. The quantitative estimate of drug-likeness (QED) is 0.647. The van der Waals surface area contributed by atoms with Crippen LogP contribution in [0.2, 0.25) is 0 Å². The van der Waals surface area contributed by atoms with Gasteiger partial charge in [0.05, 0.1) is 0 Å². The van der Waals surface area contributed by atoms with Gasteiger partial charge in [0.25, 0.3) is 0 Å². The van der Waals surface area contributed by atoms with Gasteiger partial charge < -0.3 is 4.80 Å². The van der Waals surface area contributed by atoms with Gasteiger partial charge in [0.1, 0.15) is 10.5 Å². The molecule has 0 saturated carbocycles. The van der Waals surface area contributed by atoms with Crippen molar-refractivity contribution in [2.45, 2.75) is 0 Å². The van der Waals surface area contributed by atoms with E-state index in [0.717, 1.165) is 0 Å². The molecule has 0 saturated heterocycles. The van der Waals surface area contributed by atoms with Gasteiger partial charge in [-0.05, 0) is 0 Å². The number of hydrogen-bond acceptors (Lipinski definition) is 1. The van der Waals surface area contributed by atoms with Gasteiger partial charge in [-0.2, -0.15) is 0 Å². The molecule has 2 rings (SSSR count). The lowest BCUT2D eigenvalue weighted by Crippen LogP contribution is -1.47. The topological polar surface area (TPSA) is 20.2 Å². The Hall–Kier alpha value is -1.38. The van der Waals surface area contributed by atoms with Crippen LogP contribution >= 0.6 is 0 Å². The molecule has 0 aliphatic heterocycles. The Bertz CT molecular complexity index is 186. The zero-order valence-corrected chi connectivity index (χ0v) is 10.4. The summed E-state index contributed by atoms with van der Waals surface area (Å²) in [7, 11) is 0.306. The van der Waals surface area contributed by atoms with Gasteiger partial charge in [0.2, 0.25) is 0 Å². The Labute approximate surface area is 88.6 Å². The van der Waals surface area contributed by atoms with Crippen LogP contribution in [0.15, 0.2) is 72.8 Å². The lowest BCUT2D eigenvalue weighted by atomic mass is 10.4. The summed E-state index contributed by atoms with van der Waals surface area (Å²) in [6, 6.07) is 24.0. The van der Waals surface area contributed by atoms with Crippen molar-refractivity contribution >= 4 is 10.5 Å². The first-order chi connectivity index (χ1) is 7.00. The van der Waals surface area contributed by atoms with Crippen LogP contribution in [0.25, 0.3) is 0 Å². The zero-order chi connectivity index (χ0) is 10.5. The van der Waals surface area contributed by atoms with E-state index in [-0.39, 0.29) is 0 Å². The summed E-state index contributed by atoms with van der Waals surface area (Å²) in [6.07, 6.45) is 0. The normalized spacial score (nSPS) is 7.50. The smallest absolute Gasteiger partial charge is 0.141 e. The molecule has 0 fully saturated rings. The van der Waals surface area contributed by atoms with Crippen molar-refractivity contribution in [3.05, 3.63) is 72.8 Å². The van der Waals surface area contributed by atoms with Crippen LogP contribution in [0.4, 0.5) is 0 Å². The maximum Gasteiger partial charge on any atom is 0.141 e. The lowest BCUT2D eigenvalue weighted by molar-refractivity contribution is 0.629. The fourth-order valence-corrected chi connectivity index (χ4v) is 0.770. The highest BCUT2D eigenvalue weighted by molar-refractivity contribution is 5.95. The molecule has 1 N–H and O–H groups in total. The van der Waals surface area contributed by atoms with Crippen molar-refractivity contribution in [2.24, 2.45) is 0 Å². The summed E-state index contributed by atoms with van der Waals surface area (Å²) >= 11 is 0. The standard InChI is InChI=1S/2C6H6.H4OSi/c2*1-2-4-6-5-3-1;1-2/h2*1-6H;1H,2H3. The van der Waals surface area contributed by atoms with E-state index < -0.39 is 0 Å². The van der Waals surface area contributed by atoms with Crippen molar-refractivity contribution in [3.8, 4) is 0 Å². The second kappa shape index (κ2) is 11.6. The highest BCUT2D eigenvalue weighted by atomic mass is 28.2. The molecule has 0 unspecified atom stereocenters. The van der Waals surface area contributed by atoms with Crippen LogP contribution in [0.3, 0.4) is 0 Å². The Balaban J connectivity index is 0.000000206. The molecular formula is C12H16OSi. The minimum atomic E-state index is 0.306. The minimum absolute atomic E-state index is 0.306. The third-order valence-corrected chi connectivity index (χ3v) is 1.33. The lowest BCUT2D eigenvalue weighted by Gasteiger charge is -1.69. The minimum Gasteiger partial charge on any atom is -0.442 e. The Morgan fingerprint density at radius 1 is 0.357 bits per heavy atom. The summed E-state index contributed by atoms with van der Waals surface area (Å²) in [5, 5.41) is 0. The summed E-state index contributed by atoms with van der Waals surface area (Å²) in [4.78, 5) is 7.14. The molecule has 0 aromatic heterocycles. The largest absolute Gasteiger partial charge is 0.442 e. The predicted molar refractivity (Wildman–Crippen MR) is 65.0 cm³/mol. The molecular weight excluding hydrogens is 188 g/mol. The third-order valence-electron chi connectivity index (χ3n) is 1.33. The van der Waals surface area contributed by atoms with E-state index in [1.165, 1.54) is 0 Å². The molecule has 0 heterocycles. The molecule has 0 spiro atoms. The Kier molecular flexibility index (Phi) is 10.5. The van der Waals surface area contributed by atoms with Gasteiger partial charge in [0, 0.05) is 0 Å². The average molecular weight is 204 g/mol. The fourth-order valence-electron chi connectivity index (χ4n) is 0.770. The van der Waals surface area contributed by atoms with Gasteiger partial charge in [-0.15, -0.1) is 0 Å². The van der Waals surface area contributed by atoms with Gasteiger partial charge in [-0.3, -0.25) is 0 Å². The first-order valence-electron chi connectivity index (χ1n) is 4.45.